The van der Waals surface area contributed by atoms with E-state index in [4.69, 9.17) is 39.2 Å². The molecule has 143 heavy (non-hydrogen) atoms. The first-order chi connectivity index (χ1) is 70.7. The number of furan rings is 1. The summed E-state index contributed by atoms with van der Waals surface area (Å²) < 4.78 is 8.65. The molecular formula is C132H91Cl3N4OSi3. The number of aromatic nitrogens is 1. The number of benzene rings is 22. The number of fused-ring (bicyclic) bond motifs is 15. The van der Waals surface area contributed by atoms with Gasteiger partial charge in [-0.3, -0.25) is 0 Å². The molecule has 22 aromatic carbocycles. The van der Waals surface area contributed by atoms with E-state index in [0.29, 0.717) is 0 Å². The minimum atomic E-state index is -2.67. The zero-order chi connectivity index (χ0) is 95.5. The van der Waals surface area contributed by atoms with Crippen LogP contribution >= 0.6 is 34.8 Å². The smallest absolute Gasteiger partial charge is 0.180 e. The van der Waals surface area contributed by atoms with Crippen molar-refractivity contribution in [1.82, 2.24) is 4.57 Å². The molecule has 678 valence electrons. The summed E-state index contributed by atoms with van der Waals surface area (Å²) in [4.78, 5) is 7.10. The second kappa shape index (κ2) is 37.2. The van der Waals surface area contributed by atoms with Gasteiger partial charge in [-0.25, -0.2) is 0 Å². The molecule has 5 heterocycles. The number of halogens is 3. The lowest BCUT2D eigenvalue weighted by atomic mass is 10.0. The maximum Gasteiger partial charge on any atom is 0.180 e. The van der Waals surface area contributed by atoms with Crippen LogP contribution in [0.15, 0.2) is 556 Å². The highest BCUT2D eigenvalue weighted by Gasteiger charge is 2.52. The van der Waals surface area contributed by atoms with Crippen LogP contribution in [0.2, 0.25) is 15.1 Å². The van der Waals surface area contributed by atoms with Crippen LogP contribution in [0.25, 0.3) is 93.9 Å². The van der Waals surface area contributed by atoms with Crippen molar-refractivity contribution in [2.24, 2.45) is 0 Å². The van der Waals surface area contributed by atoms with Crippen LogP contribution in [0.1, 0.15) is 0 Å². The fourth-order valence-corrected chi connectivity index (χ4v) is 39.1. The van der Waals surface area contributed by atoms with Gasteiger partial charge in [-0.2, -0.15) is 0 Å². The molecule has 0 bridgehead atoms. The molecule has 0 aliphatic carbocycles. The molecule has 24 aromatic rings. The van der Waals surface area contributed by atoms with E-state index >= 15 is 0 Å². The van der Waals surface area contributed by atoms with Crippen LogP contribution < -0.4 is 76.9 Å². The SMILES string of the molecule is Clc1ccc2c(c1)-c1cc(N(c3cccc(-c4ccccc4)c3)c3ccc4oc5ccccc5c4c3)ccc1[Si]2(c1ccccc1)c1ccccc1.Clc1ccc2c(c1)-c1cc(N(c3ccccc3)c3ccc4c5ccccc5n(-c5ccccc5)c4c3)ccc1[Si]2(c1ccccc1)c1ccccc1.Clc1ccc2c(c1)-c1cc(N(c3ccccc3)c3ccccc3)ccc1[Si]2(c1ccccc1)c1ccccc1. The molecule has 3 aliphatic heterocycles. The Bertz CT molecular complexity index is 8720. The molecule has 2 aromatic heterocycles. The fraction of sp³-hybridized carbons (Fsp3) is 0. The van der Waals surface area contributed by atoms with Crippen LogP contribution in [0.4, 0.5) is 51.2 Å². The van der Waals surface area contributed by atoms with Crippen molar-refractivity contribution in [3.05, 3.63) is 567 Å². The van der Waals surface area contributed by atoms with Crippen LogP contribution in [-0.4, -0.2) is 28.8 Å². The molecule has 0 N–H and O–H groups in total. The summed E-state index contributed by atoms with van der Waals surface area (Å²) in [5.74, 6) is 0. The molecule has 0 fully saturated rings. The van der Waals surface area contributed by atoms with Gasteiger partial charge in [0.2, 0.25) is 0 Å². The monoisotopic (exact) mass is 1940 g/mol. The van der Waals surface area contributed by atoms with Crippen molar-refractivity contribution in [3.8, 4) is 50.2 Å². The maximum atomic E-state index is 6.83. The Hall–Kier alpha value is -16.6. The lowest BCUT2D eigenvalue weighted by Gasteiger charge is -2.32. The van der Waals surface area contributed by atoms with Crippen molar-refractivity contribution in [2.75, 3.05) is 14.7 Å². The predicted molar refractivity (Wildman–Crippen MR) is 613 cm³/mol. The number of anilines is 9. The Labute approximate surface area is 850 Å². The van der Waals surface area contributed by atoms with E-state index < -0.39 is 24.2 Å². The highest BCUT2D eigenvalue weighted by atomic mass is 35.5. The standard InChI is InChI=1S/C48H33ClN2Si.C48H32ClNOSi.C36H26ClNSi/c49-34-25-29-47-43(31-34)44-32-37(27-30-48(44)52(47,39-19-9-3-10-20-39)40-21-11-4-12-22-40)50(35-15-5-1-6-16-35)38-26-28-42-41-23-13-14-24-45(41)51(46(42)33-38)36-17-7-2-8-18-36;49-35-23-27-47-43(30-35)44-32-38(25-28-48(44)52(47,39-17-6-2-7-18-39)40-19-8-3-9-20-40)50(36-16-12-15-34(29-36)33-13-4-1-5-14-33)37-24-26-46-42(31-37)41-21-10-11-22-45(41)51-46;37-27-21-23-35-33(25-27)34-26-30(38(28-13-5-1-6-14-28)29-15-7-2-8-16-29)22-24-36(34)39(35,31-17-9-3-10-18-31)32-19-11-4-12-20-32/h1-33H;1-32H;1-26H. The number of rotatable bonds is 17. The third-order valence-electron chi connectivity index (χ3n) is 29.1. The van der Waals surface area contributed by atoms with Gasteiger partial charge in [0, 0.05) is 93.5 Å². The first-order valence-corrected chi connectivity index (χ1v) is 55.7. The van der Waals surface area contributed by atoms with Crippen molar-refractivity contribution >= 4 is 216 Å². The van der Waals surface area contributed by atoms with Crippen LogP contribution in [0, 0.1) is 0 Å². The van der Waals surface area contributed by atoms with E-state index in [9.17, 15) is 0 Å². The highest BCUT2D eigenvalue weighted by molar-refractivity contribution is 7.23. The van der Waals surface area contributed by atoms with E-state index in [0.717, 1.165) is 99.4 Å². The summed E-state index contributed by atoms with van der Waals surface area (Å²) in [6.07, 6.45) is 0. The lowest BCUT2D eigenvalue weighted by Crippen LogP contribution is -2.72. The quantitative estimate of drug-likeness (QED) is 0.0850. The number of nitrogens with zero attached hydrogens (tertiary/aromatic N) is 4. The number of para-hydroxylation sites is 6. The van der Waals surface area contributed by atoms with Crippen molar-refractivity contribution < 1.29 is 4.42 Å². The summed E-state index contributed by atoms with van der Waals surface area (Å²) in [6.45, 7) is 0. The summed E-state index contributed by atoms with van der Waals surface area (Å²) in [5.41, 5.74) is 24.9. The van der Waals surface area contributed by atoms with Gasteiger partial charge in [-0.15, -0.1) is 0 Å². The van der Waals surface area contributed by atoms with E-state index in [1.54, 1.807) is 0 Å². The predicted octanol–water partition coefficient (Wildman–Crippen LogP) is 28.2. The second-order valence-electron chi connectivity index (χ2n) is 36.8. The Morgan fingerprint density at radius 3 is 0.860 bits per heavy atom. The minimum Gasteiger partial charge on any atom is -0.456 e. The molecule has 27 rings (SSSR count). The molecule has 3 aliphatic rings. The van der Waals surface area contributed by atoms with Crippen LogP contribution in [0.3, 0.4) is 0 Å². The first-order valence-electron chi connectivity index (χ1n) is 48.6. The van der Waals surface area contributed by atoms with E-state index in [-0.39, 0.29) is 0 Å². The molecule has 0 unspecified atom stereocenters. The number of hydrogen-bond acceptors (Lipinski definition) is 4. The normalized spacial score (nSPS) is 12.9. The summed E-state index contributed by atoms with van der Waals surface area (Å²) in [7, 11) is -7.85. The Kier molecular flexibility index (Phi) is 22.8. The Morgan fingerprint density at radius 2 is 0.448 bits per heavy atom. The lowest BCUT2D eigenvalue weighted by molar-refractivity contribution is 0.669. The average Bonchev–Trinajstić information content (AvgIpc) is 1.54. The first kappa shape index (κ1) is 87.8. The summed E-state index contributed by atoms with van der Waals surface area (Å²) in [5, 5.41) is 23.5. The molecule has 0 saturated heterocycles. The van der Waals surface area contributed by atoms with Crippen molar-refractivity contribution in [1.29, 1.82) is 0 Å². The van der Waals surface area contributed by atoms with Crippen LogP contribution in [-0.2, 0) is 0 Å². The molecule has 0 amide bonds. The Morgan fingerprint density at radius 1 is 0.175 bits per heavy atom. The average molecular weight is 1940 g/mol. The van der Waals surface area contributed by atoms with Crippen LogP contribution in [0.5, 0.6) is 0 Å². The molecule has 0 atom stereocenters. The van der Waals surface area contributed by atoms with E-state index in [1.807, 2.05) is 12.1 Å². The summed E-state index contributed by atoms with van der Waals surface area (Å²) >= 11 is 20.3. The topological polar surface area (TPSA) is 27.8 Å². The molecule has 0 spiro atoms. The largest absolute Gasteiger partial charge is 0.456 e. The molecular weight excluding hydrogens is 1850 g/mol. The zero-order valence-electron chi connectivity index (χ0n) is 77.9. The second-order valence-corrected chi connectivity index (χ2v) is 49.3. The molecule has 5 nitrogen and oxygen atoms in total. The zero-order valence-corrected chi connectivity index (χ0v) is 83.1. The molecule has 0 saturated carbocycles. The van der Waals surface area contributed by atoms with Gasteiger partial charge in [0.1, 0.15) is 11.2 Å². The van der Waals surface area contributed by atoms with Gasteiger partial charge in [-0.1, -0.05) is 411 Å². The third kappa shape index (κ3) is 15.1. The number of hydrogen-bond donors (Lipinski definition) is 0. The highest BCUT2D eigenvalue weighted by Crippen LogP contribution is 2.47. The van der Waals surface area contributed by atoms with E-state index in [2.05, 4.69) is 559 Å². The van der Waals surface area contributed by atoms with Gasteiger partial charge >= 0.3 is 0 Å². The minimum absolute atomic E-state index is 0.741. The fourth-order valence-electron chi connectivity index (χ4n) is 23.1. The van der Waals surface area contributed by atoms with E-state index in [1.165, 1.54) is 123 Å². The van der Waals surface area contributed by atoms with Gasteiger partial charge in [-0.05, 0) is 283 Å². The molecule has 11 heteroatoms. The van der Waals surface area contributed by atoms with Gasteiger partial charge in [0.25, 0.3) is 0 Å². The van der Waals surface area contributed by atoms with Crippen molar-refractivity contribution in [3.63, 3.8) is 0 Å². The third-order valence-corrected chi connectivity index (χ3v) is 44.4. The summed E-state index contributed by atoms with van der Waals surface area (Å²) in [6, 6.07) is 200. The van der Waals surface area contributed by atoms with Gasteiger partial charge in [0.05, 0.1) is 11.0 Å². The Balaban J connectivity index is 0.000000114. The molecule has 0 radical (unpaired) electrons. The van der Waals surface area contributed by atoms with Gasteiger partial charge < -0.3 is 23.7 Å². The maximum absolute atomic E-state index is 6.83. The van der Waals surface area contributed by atoms with Gasteiger partial charge in [0.15, 0.2) is 24.2 Å². The van der Waals surface area contributed by atoms with Crippen molar-refractivity contribution in [2.45, 2.75) is 0 Å².